The van der Waals surface area contributed by atoms with Gasteiger partial charge in [-0.1, -0.05) is 140 Å². The molecule has 0 fully saturated rings. The van der Waals surface area contributed by atoms with Gasteiger partial charge >= 0.3 is 6.09 Å². The summed E-state index contributed by atoms with van der Waals surface area (Å²) < 4.78 is 5.62. The molecule has 0 aliphatic heterocycles. The monoisotopic (exact) mass is 594 g/mol. The number of rotatable bonds is 11. The second kappa shape index (κ2) is 13.4. The van der Waals surface area contributed by atoms with Crippen LogP contribution in [0, 0.1) is 0 Å². The second-order valence-corrected chi connectivity index (χ2v) is 11.1. The Morgan fingerprint density at radius 3 is 1.58 bits per heavy atom. The summed E-state index contributed by atoms with van der Waals surface area (Å²) in [6.45, 7) is 0.139. The van der Waals surface area contributed by atoms with Crippen LogP contribution in [0.25, 0.3) is 11.1 Å². The minimum absolute atomic E-state index is 0.0152. The van der Waals surface area contributed by atoms with Crippen molar-refractivity contribution in [2.75, 3.05) is 6.61 Å². The molecular formula is C39H34N2O4. The minimum Gasteiger partial charge on any atom is -0.449 e. The Bertz CT molecular complexity index is 1630. The molecule has 0 bridgehead atoms. The van der Waals surface area contributed by atoms with Gasteiger partial charge in [0.25, 0.3) is 0 Å². The number of fused-ring (bicyclic) bond motifs is 3. The van der Waals surface area contributed by atoms with Gasteiger partial charge < -0.3 is 20.2 Å². The number of alkyl carbamates (subject to hydrolysis) is 1. The molecule has 6 heteroatoms. The smallest absolute Gasteiger partial charge is 0.407 e. The van der Waals surface area contributed by atoms with E-state index in [9.17, 15) is 14.4 Å². The van der Waals surface area contributed by atoms with Gasteiger partial charge in [-0.05, 0) is 45.4 Å². The van der Waals surface area contributed by atoms with Gasteiger partial charge in [-0.15, -0.1) is 0 Å². The lowest BCUT2D eigenvalue weighted by Crippen LogP contribution is -2.48. The Kier molecular flexibility index (Phi) is 8.83. The third-order valence-corrected chi connectivity index (χ3v) is 8.44. The van der Waals surface area contributed by atoms with E-state index >= 15 is 0 Å². The number of nitrogens with one attached hydrogen (secondary N) is 2. The zero-order valence-corrected chi connectivity index (χ0v) is 24.8. The van der Waals surface area contributed by atoms with Crippen LogP contribution in [0.15, 0.2) is 140 Å². The fourth-order valence-electron chi connectivity index (χ4n) is 6.30. The van der Waals surface area contributed by atoms with Gasteiger partial charge in [-0.2, -0.15) is 0 Å². The summed E-state index contributed by atoms with van der Waals surface area (Å²) >= 11 is 0. The number of amides is 2. The van der Waals surface area contributed by atoms with Gasteiger partial charge in [0.05, 0.1) is 6.04 Å². The predicted octanol–water partition coefficient (Wildman–Crippen LogP) is 6.98. The van der Waals surface area contributed by atoms with Crippen molar-refractivity contribution in [3.8, 4) is 11.1 Å². The molecule has 0 heterocycles. The third-order valence-electron chi connectivity index (χ3n) is 8.44. The molecule has 1 aliphatic carbocycles. The van der Waals surface area contributed by atoms with Crippen molar-refractivity contribution in [1.82, 2.24) is 10.6 Å². The lowest BCUT2D eigenvalue weighted by molar-refractivity contribution is -0.122. The molecular weight excluding hydrogens is 560 g/mol. The number of carbonyl (C=O) groups is 3. The van der Waals surface area contributed by atoms with E-state index in [2.05, 4.69) is 34.9 Å². The molecule has 2 N–H and O–H groups in total. The Morgan fingerprint density at radius 1 is 0.667 bits per heavy atom. The molecule has 1 atom stereocenters. The fourth-order valence-corrected chi connectivity index (χ4v) is 6.30. The van der Waals surface area contributed by atoms with Crippen molar-refractivity contribution in [2.45, 2.75) is 30.3 Å². The number of hydrogen-bond acceptors (Lipinski definition) is 4. The predicted molar refractivity (Wildman–Crippen MR) is 175 cm³/mol. The van der Waals surface area contributed by atoms with E-state index in [1.807, 2.05) is 115 Å². The van der Waals surface area contributed by atoms with E-state index in [1.165, 1.54) is 0 Å². The molecule has 2 amide bonds. The van der Waals surface area contributed by atoms with E-state index in [4.69, 9.17) is 4.74 Å². The number of hydrogen-bond donors (Lipinski definition) is 2. The van der Waals surface area contributed by atoms with E-state index in [-0.39, 0.29) is 31.3 Å². The average molecular weight is 595 g/mol. The molecule has 0 spiro atoms. The van der Waals surface area contributed by atoms with Crippen molar-refractivity contribution in [3.63, 3.8) is 0 Å². The van der Waals surface area contributed by atoms with Crippen molar-refractivity contribution < 1.29 is 19.1 Å². The van der Waals surface area contributed by atoms with E-state index in [0.717, 1.165) is 38.9 Å². The van der Waals surface area contributed by atoms with Gasteiger partial charge in [0.2, 0.25) is 5.91 Å². The van der Waals surface area contributed by atoms with Crippen molar-refractivity contribution in [2.24, 2.45) is 0 Å². The highest BCUT2D eigenvalue weighted by Gasteiger charge is 2.38. The molecule has 0 radical (unpaired) electrons. The number of ether oxygens (including phenoxy) is 1. The second-order valence-electron chi connectivity index (χ2n) is 11.1. The van der Waals surface area contributed by atoms with Gasteiger partial charge in [-0.3, -0.25) is 4.79 Å². The first-order valence-electron chi connectivity index (χ1n) is 15.1. The first kappa shape index (κ1) is 29.6. The maximum Gasteiger partial charge on any atom is 0.407 e. The first-order chi connectivity index (χ1) is 22.1. The summed E-state index contributed by atoms with van der Waals surface area (Å²) in [5, 5.41) is 5.94. The fraction of sp³-hybridized carbons (Fsp3) is 0.154. The van der Waals surface area contributed by atoms with E-state index in [0.29, 0.717) is 6.29 Å². The number of aldehydes is 1. The van der Waals surface area contributed by atoms with Gasteiger partial charge in [0, 0.05) is 12.3 Å². The molecule has 224 valence electrons. The normalized spacial score (nSPS) is 12.8. The molecule has 0 aromatic heterocycles. The first-order valence-corrected chi connectivity index (χ1v) is 15.1. The summed E-state index contributed by atoms with van der Waals surface area (Å²) in [6.07, 6.45) is 0.0876. The summed E-state index contributed by atoms with van der Waals surface area (Å²) in [6, 6.07) is 44.8. The van der Waals surface area contributed by atoms with Crippen molar-refractivity contribution in [3.05, 3.63) is 167 Å². The van der Waals surface area contributed by atoms with Crippen LogP contribution in [0.5, 0.6) is 0 Å². The maximum absolute atomic E-state index is 13.6. The molecule has 1 aliphatic rings. The highest BCUT2D eigenvalue weighted by atomic mass is 16.5. The van der Waals surface area contributed by atoms with Crippen LogP contribution in [0.2, 0.25) is 0 Å². The number of benzene rings is 5. The molecule has 6 nitrogen and oxygen atoms in total. The summed E-state index contributed by atoms with van der Waals surface area (Å²) in [5.41, 5.74) is 6.23. The highest BCUT2D eigenvalue weighted by Crippen LogP contribution is 2.44. The molecule has 45 heavy (non-hydrogen) atoms. The summed E-state index contributed by atoms with van der Waals surface area (Å²) in [5.74, 6) is -0.349. The maximum atomic E-state index is 13.6. The highest BCUT2D eigenvalue weighted by molar-refractivity contribution is 5.81. The van der Waals surface area contributed by atoms with Crippen LogP contribution in [-0.2, 0) is 19.9 Å². The van der Waals surface area contributed by atoms with E-state index in [1.54, 1.807) is 0 Å². The SMILES string of the molecule is O=CC(CCC(=O)NC(c1ccccc1)(c1ccccc1)c1ccccc1)NC(=O)OCC1c2ccccc2-c2ccccc21. The quantitative estimate of drug-likeness (QED) is 0.128. The minimum atomic E-state index is -0.961. The van der Waals surface area contributed by atoms with Crippen LogP contribution in [0.4, 0.5) is 4.79 Å². The molecule has 0 saturated carbocycles. The van der Waals surface area contributed by atoms with Gasteiger partial charge in [-0.25, -0.2) is 4.79 Å². The largest absolute Gasteiger partial charge is 0.449 e. The Balaban J connectivity index is 1.13. The molecule has 5 aromatic carbocycles. The van der Waals surface area contributed by atoms with Crippen LogP contribution in [0.1, 0.15) is 46.6 Å². The average Bonchev–Trinajstić information content (AvgIpc) is 3.42. The summed E-state index contributed by atoms with van der Waals surface area (Å²) in [7, 11) is 0. The van der Waals surface area contributed by atoms with Crippen LogP contribution in [0.3, 0.4) is 0 Å². The number of carbonyl (C=O) groups excluding carboxylic acids is 3. The topological polar surface area (TPSA) is 84.5 Å². The molecule has 6 rings (SSSR count). The van der Waals surface area contributed by atoms with Crippen molar-refractivity contribution in [1.29, 1.82) is 0 Å². The van der Waals surface area contributed by atoms with Gasteiger partial charge in [0.1, 0.15) is 18.4 Å². The lowest BCUT2D eigenvalue weighted by atomic mass is 9.77. The standard InChI is InChI=1S/C39H34N2O4/c42-26-31(40-38(44)45-27-36-34-22-12-10-20-32(34)33-21-11-13-23-35(33)36)24-25-37(43)41-39(28-14-4-1-5-15-28,29-16-6-2-7-17-29)30-18-8-3-9-19-30/h1-23,26,31,36H,24-25,27H2,(H,40,44)(H,41,43). The van der Waals surface area contributed by atoms with E-state index < -0.39 is 17.7 Å². The zero-order chi connectivity index (χ0) is 31.1. The van der Waals surface area contributed by atoms with Crippen LogP contribution < -0.4 is 10.6 Å². The Hall–Kier alpha value is -5.49. The lowest BCUT2D eigenvalue weighted by Gasteiger charge is -2.37. The van der Waals surface area contributed by atoms with Crippen molar-refractivity contribution >= 4 is 18.3 Å². The third kappa shape index (κ3) is 6.13. The Labute approximate surface area is 263 Å². The van der Waals surface area contributed by atoms with Crippen LogP contribution in [-0.4, -0.2) is 30.9 Å². The molecule has 1 unspecified atom stereocenters. The Morgan fingerprint density at radius 2 is 1.11 bits per heavy atom. The molecule has 0 saturated heterocycles. The van der Waals surface area contributed by atoms with Crippen LogP contribution >= 0.6 is 0 Å². The molecule has 5 aromatic rings. The summed E-state index contributed by atoms with van der Waals surface area (Å²) in [4.78, 5) is 38.5. The van der Waals surface area contributed by atoms with Gasteiger partial charge in [0.15, 0.2) is 0 Å². The zero-order valence-electron chi connectivity index (χ0n) is 24.8.